The van der Waals surface area contributed by atoms with Crippen LogP contribution in [0.5, 0.6) is 0 Å². The first kappa shape index (κ1) is 7.56. The summed E-state index contributed by atoms with van der Waals surface area (Å²) in [7, 11) is 0. The largest absolute Gasteiger partial charge is 0.362 e. The molecule has 0 saturated carbocycles. The molecule has 1 aromatic rings. The summed E-state index contributed by atoms with van der Waals surface area (Å²) in [6, 6.07) is 10.3. The van der Waals surface area contributed by atoms with Gasteiger partial charge in [0.1, 0.15) is 5.60 Å². The first-order valence-electron chi connectivity index (χ1n) is 4.18. The van der Waals surface area contributed by atoms with Crippen LogP contribution in [0.4, 0.5) is 0 Å². The summed E-state index contributed by atoms with van der Waals surface area (Å²) in [4.78, 5) is 0. The van der Waals surface area contributed by atoms with Crippen molar-refractivity contribution >= 4 is 0 Å². The van der Waals surface area contributed by atoms with E-state index in [1.807, 2.05) is 18.2 Å². The fourth-order valence-corrected chi connectivity index (χ4v) is 1.49. The van der Waals surface area contributed by atoms with Crippen molar-refractivity contribution in [2.75, 3.05) is 6.61 Å². The number of ether oxygens (including phenoxy) is 1. The zero-order valence-electron chi connectivity index (χ0n) is 7.16. The van der Waals surface area contributed by atoms with Gasteiger partial charge in [-0.25, -0.2) is 0 Å². The summed E-state index contributed by atoms with van der Waals surface area (Å²) in [5.74, 6) is 0. The molecule has 1 aliphatic rings. The first-order valence-corrected chi connectivity index (χ1v) is 4.18. The minimum absolute atomic E-state index is 0.193. The number of benzene rings is 1. The van der Waals surface area contributed by atoms with Crippen molar-refractivity contribution in [1.82, 2.24) is 0 Å². The Morgan fingerprint density at radius 2 is 2.00 bits per heavy atom. The van der Waals surface area contributed by atoms with E-state index in [4.69, 9.17) is 4.74 Å². The molecule has 1 aliphatic heterocycles. The second-order valence-corrected chi connectivity index (χ2v) is 3.19. The molecular formula is C11H12O. The van der Waals surface area contributed by atoms with Crippen LogP contribution < -0.4 is 0 Å². The van der Waals surface area contributed by atoms with Crippen LogP contribution in [0.15, 0.2) is 42.5 Å². The minimum Gasteiger partial charge on any atom is -0.362 e. The molecule has 0 bridgehead atoms. The summed E-state index contributed by atoms with van der Waals surface area (Å²) < 4.78 is 5.62. The molecule has 2 rings (SSSR count). The van der Waals surface area contributed by atoms with Crippen LogP contribution in [-0.2, 0) is 10.3 Å². The van der Waals surface area contributed by atoms with Crippen molar-refractivity contribution in [3.05, 3.63) is 48.0 Å². The minimum atomic E-state index is -0.193. The van der Waals surface area contributed by atoms with E-state index in [9.17, 15) is 0 Å². The number of hydrogen-bond acceptors (Lipinski definition) is 1. The topological polar surface area (TPSA) is 9.23 Å². The maximum Gasteiger partial charge on any atom is 0.109 e. The number of hydrogen-bond donors (Lipinski definition) is 0. The highest BCUT2D eigenvalue weighted by molar-refractivity contribution is 5.28. The summed E-state index contributed by atoms with van der Waals surface area (Å²) in [5, 5.41) is 0. The molecule has 1 aromatic carbocycles. The molecule has 1 atom stereocenters. The van der Waals surface area contributed by atoms with Gasteiger partial charge in [0.05, 0.1) is 6.61 Å². The van der Waals surface area contributed by atoms with E-state index in [1.165, 1.54) is 5.56 Å². The van der Waals surface area contributed by atoms with Gasteiger partial charge in [0.15, 0.2) is 0 Å². The van der Waals surface area contributed by atoms with Gasteiger partial charge in [-0.05, 0) is 12.5 Å². The third kappa shape index (κ3) is 1.16. The van der Waals surface area contributed by atoms with E-state index >= 15 is 0 Å². The molecule has 1 heterocycles. The maximum absolute atomic E-state index is 5.62. The van der Waals surface area contributed by atoms with Crippen LogP contribution in [0.25, 0.3) is 0 Å². The molecule has 62 valence electrons. The lowest BCUT2D eigenvalue weighted by atomic mass is 9.97. The monoisotopic (exact) mass is 160 g/mol. The van der Waals surface area contributed by atoms with Crippen LogP contribution >= 0.6 is 0 Å². The van der Waals surface area contributed by atoms with Gasteiger partial charge >= 0.3 is 0 Å². The second kappa shape index (κ2) is 2.76. The normalized spacial score (nSPS) is 27.8. The molecule has 0 saturated heterocycles. The average molecular weight is 160 g/mol. The molecule has 0 N–H and O–H groups in total. The molecule has 1 unspecified atom stereocenters. The van der Waals surface area contributed by atoms with Gasteiger partial charge in [-0.1, -0.05) is 42.5 Å². The van der Waals surface area contributed by atoms with Gasteiger partial charge < -0.3 is 4.74 Å². The zero-order chi connectivity index (χ0) is 8.44. The Morgan fingerprint density at radius 1 is 1.25 bits per heavy atom. The van der Waals surface area contributed by atoms with Crippen LogP contribution in [0.1, 0.15) is 12.5 Å². The summed E-state index contributed by atoms with van der Waals surface area (Å²) in [5.41, 5.74) is 1.03. The Kier molecular flexibility index (Phi) is 1.74. The molecule has 0 spiro atoms. The lowest BCUT2D eigenvalue weighted by Gasteiger charge is -2.21. The summed E-state index contributed by atoms with van der Waals surface area (Å²) >= 11 is 0. The lowest BCUT2D eigenvalue weighted by Crippen LogP contribution is -2.18. The van der Waals surface area contributed by atoms with Crippen molar-refractivity contribution in [1.29, 1.82) is 0 Å². The highest BCUT2D eigenvalue weighted by atomic mass is 16.5. The first-order chi connectivity index (χ1) is 5.81. The van der Waals surface area contributed by atoms with E-state index < -0.39 is 0 Å². The van der Waals surface area contributed by atoms with E-state index in [-0.39, 0.29) is 5.60 Å². The third-order valence-corrected chi connectivity index (χ3v) is 2.26. The Labute approximate surface area is 72.7 Å². The maximum atomic E-state index is 5.62. The smallest absolute Gasteiger partial charge is 0.109 e. The third-order valence-electron chi connectivity index (χ3n) is 2.26. The van der Waals surface area contributed by atoms with Crippen molar-refractivity contribution in [2.45, 2.75) is 12.5 Å². The highest BCUT2D eigenvalue weighted by Crippen LogP contribution is 2.29. The quantitative estimate of drug-likeness (QED) is 0.573. The van der Waals surface area contributed by atoms with Crippen molar-refractivity contribution in [3.63, 3.8) is 0 Å². The summed E-state index contributed by atoms with van der Waals surface area (Å²) in [6.07, 6.45) is 4.18. The van der Waals surface area contributed by atoms with Crippen LogP contribution in [-0.4, -0.2) is 6.61 Å². The Balaban J connectivity index is 2.36. The molecule has 1 nitrogen and oxygen atoms in total. The van der Waals surface area contributed by atoms with E-state index in [0.717, 1.165) is 6.61 Å². The predicted molar refractivity (Wildman–Crippen MR) is 48.9 cm³/mol. The average Bonchev–Trinajstić information content (AvgIpc) is 2.55. The van der Waals surface area contributed by atoms with E-state index in [2.05, 4.69) is 31.2 Å². The Bertz CT molecular complexity index is 289. The van der Waals surface area contributed by atoms with Gasteiger partial charge in [0.2, 0.25) is 0 Å². The Morgan fingerprint density at radius 3 is 2.58 bits per heavy atom. The Hall–Kier alpha value is -1.08. The van der Waals surface area contributed by atoms with E-state index in [1.54, 1.807) is 0 Å². The van der Waals surface area contributed by atoms with Crippen LogP contribution in [0.3, 0.4) is 0 Å². The molecule has 0 amide bonds. The molecule has 0 fully saturated rings. The molecule has 1 heteroatoms. The van der Waals surface area contributed by atoms with Gasteiger partial charge in [-0.3, -0.25) is 0 Å². The van der Waals surface area contributed by atoms with Gasteiger partial charge in [-0.2, -0.15) is 0 Å². The van der Waals surface area contributed by atoms with Crippen LogP contribution in [0, 0.1) is 0 Å². The second-order valence-electron chi connectivity index (χ2n) is 3.19. The van der Waals surface area contributed by atoms with Crippen molar-refractivity contribution in [3.8, 4) is 0 Å². The standard InChI is InChI=1S/C11H12O/c1-11(8-5-9-12-11)10-6-3-2-4-7-10/h2-8H,9H2,1H3. The SMILES string of the molecule is CC1(c2ccccc2)C=CCO1. The van der Waals surface area contributed by atoms with Crippen LogP contribution in [0.2, 0.25) is 0 Å². The fraction of sp³-hybridized carbons (Fsp3) is 0.273. The van der Waals surface area contributed by atoms with Gasteiger partial charge in [0, 0.05) is 0 Å². The molecule has 0 aliphatic carbocycles. The fourth-order valence-electron chi connectivity index (χ4n) is 1.49. The highest BCUT2D eigenvalue weighted by Gasteiger charge is 2.26. The zero-order valence-corrected chi connectivity index (χ0v) is 7.16. The predicted octanol–water partition coefficient (Wildman–Crippen LogP) is 2.49. The van der Waals surface area contributed by atoms with Gasteiger partial charge in [0.25, 0.3) is 0 Å². The van der Waals surface area contributed by atoms with Crippen molar-refractivity contribution in [2.24, 2.45) is 0 Å². The molecular weight excluding hydrogens is 148 g/mol. The molecule has 12 heavy (non-hydrogen) atoms. The molecule has 0 aromatic heterocycles. The van der Waals surface area contributed by atoms with Gasteiger partial charge in [-0.15, -0.1) is 0 Å². The van der Waals surface area contributed by atoms with E-state index in [0.29, 0.717) is 0 Å². The lowest BCUT2D eigenvalue weighted by molar-refractivity contribution is 0.0390. The summed E-state index contributed by atoms with van der Waals surface area (Å²) in [6.45, 7) is 2.82. The molecule has 0 radical (unpaired) electrons. The van der Waals surface area contributed by atoms with Crippen molar-refractivity contribution < 1.29 is 4.74 Å². The number of rotatable bonds is 1.